The highest BCUT2D eigenvalue weighted by molar-refractivity contribution is 6.29. The van der Waals surface area contributed by atoms with Gasteiger partial charge in [-0.05, 0) is 55.4 Å². The van der Waals surface area contributed by atoms with E-state index in [9.17, 15) is 4.79 Å². The molecule has 2 heterocycles. The Morgan fingerprint density at radius 3 is 2.52 bits per heavy atom. The molecule has 0 N–H and O–H groups in total. The van der Waals surface area contributed by atoms with Gasteiger partial charge in [-0.2, -0.15) is 10.3 Å². The van der Waals surface area contributed by atoms with Gasteiger partial charge in [0.15, 0.2) is 0 Å². The maximum Gasteiger partial charge on any atom is 0.310 e. The van der Waals surface area contributed by atoms with Gasteiger partial charge >= 0.3 is 5.97 Å². The number of hydrogen-bond acceptors (Lipinski definition) is 6. The quantitative estimate of drug-likeness (QED) is 0.0721. The van der Waals surface area contributed by atoms with Crippen LogP contribution < -0.4 is 0 Å². The Balaban J connectivity index is 0.000000252. The lowest BCUT2D eigenvalue weighted by Crippen LogP contribution is -2.23. The van der Waals surface area contributed by atoms with E-state index in [1.165, 1.54) is 11.1 Å². The van der Waals surface area contributed by atoms with Crippen LogP contribution in [0.25, 0.3) is 0 Å². The van der Waals surface area contributed by atoms with Crippen molar-refractivity contribution in [2.75, 3.05) is 7.05 Å². The van der Waals surface area contributed by atoms with Crippen molar-refractivity contribution < 1.29 is 13.9 Å². The van der Waals surface area contributed by atoms with Crippen LogP contribution in [-0.2, 0) is 29.1 Å². The predicted molar refractivity (Wildman–Crippen MR) is 157 cm³/mol. The second kappa shape index (κ2) is 14.0. The number of nitriles is 1. The number of allylic oxidation sites excluding steroid dienone is 2. The minimum atomic E-state index is -0.113. The molecule has 0 aliphatic heterocycles. The fraction of sp³-hybridized carbons (Fsp3) is 0.375. The number of ether oxygens (including phenoxy) is 1. The van der Waals surface area contributed by atoms with Crippen molar-refractivity contribution in [1.29, 1.82) is 5.26 Å². The Hall–Kier alpha value is -3.89. The van der Waals surface area contributed by atoms with E-state index in [2.05, 4.69) is 55.9 Å². The van der Waals surface area contributed by atoms with E-state index in [1.54, 1.807) is 31.6 Å². The molecule has 0 bridgehead atoms. The normalized spacial score (nSPS) is 17.1. The highest BCUT2D eigenvalue weighted by atomic mass is 35.5. The van der Waals surface area contributed by atoms with E-state index in [-0.39, 0.29) is 29.8 Å². The zero-order valence-corrected chi connectivity index (χ0v) is 24.8. The number of carbonyl (C=O) groups excluding carboxylic acids is 1. The molecule has 4 rings (SSSR count). The number of carbonyl (C=O) groups is 1. The fourth-order valence-corrected chi connectivity index (χ4v) is 4.59. The van der Waals surface area contributed by atoms with E-state index in [4.69, 9.17) is 26.0 Å². The molecular weight excluding hydrogens is 524 g/mol. The molecule has 0 amide bonds. The number of amidine groups is 1. The number of aliphatic imine (C=N–C) groups is 1. The number of pyridine rings is 1. The Morgan fingerprint density at radius 2 is 1.90 bits per heavy atom. The van der Waals surface area contributed by atoms with E-state index < -0.39 is 0 Å². The van der Waals surface area contributed by atoms with Gasteiger partial charge in [0.05, 0.1) is 12.2 Å². The predicted octanol–water partition coefficient (Wildman–Crippen LogP) is 7.22. The van der Waals surface area contributed by atoms with Gasteiger partial charge in [0.2, 0.25) is 6.19 Å². The number of benzene rings is 1. The van der Waals surface area contributed by atoms with Crippen molar-refractivity contribution in [2.24, 2.45) is 22.2 Å². The molecule has 1 saturated carbocycles. The van der Waals surface area contributed by atoms with Gasteiger partial charge in [-0.1, -0.05) is 73.5 Å². The van der Waals surface area contributed by atoms with Crippen molar-refractivity contribution in [3.05, 3.63) is 100 Å². The van der Waals surface area contributed by atoms with E-state index in [1.807, 2.05) is 42.3 Å². The summed E-state index contributed by atoms with van der Waals surface area (Å²) in [6.45, 7) is 11.1. The number of halogens is 1. The van der Waals surface area contributed by atoms with Gasteiger partial charge < -0.3 is 14.1 Å². The van der Waals surface area contributed by atoms with Crippen molar-refractivity contribution in [3.63, 3.8) is 0 Å². The smallest absolute Gasteiger partial charge is 0.310 e. The standard InChI is InChI=1S/C22H26O3.C10H11ClN4/c1-15(2)10-19-20(22(19,3)4)21(23)25-14-17-12-18(24-13-17)11-16-8-6-5-7-9-16;1-8(14-7-12)15(2)6-9-3-4-10(11)13-5-9/h5-10,12-13,19-20H,11,14H2,1-4H3;3-5H,6H2,1-2H3. The van der Waals surface area contributed by atoms with E-state index >= 15 is 0 Å². The first-order valence-electron chi connectivity index (χ1n) is 13.2. The lowest BCUT2D eigenvalue weighted by Gasteiger charge is -2.17. The molecule has 1 aliphatic carbocycles. The van der Waals surface area contributed by atoms with Crippen molar-refractivity contribution in [1.82, 2.24) is 9.88 Å². The first-order chi connectivity index (χ1) is 19.0. The van der Waals surface area contributed by atoms with E-state index in [0.29, 0.717) is 17.5 Å². The van der Waals surface area contributed by atoms with Crippen LogP contribution in [-0.4, -0.2) is 28.7 Å². The van der Waals surface area contributed by atoms with E-state index in [0.717, 1.165) is 23.3 Å². The third kappa shape index (κ3) is 8.82. The lowest BCUT2D eigenvalue weighted by atomic mass is 10.1. The molecule has 210 valence electrons. The molecular formula is C32H37ClN4O3. The van der Waals surface area contributed by atoms with Crippen LogP contribution in [0, 0.1) is 28.7 Å². The summed E-state index contributed by atoms with van der Waals surface area (Å²) in [4.78, 5) is 21.9. The molecule has 2 aromatic heterocycles. The molecule has 0 spiro atoms. The number of esters is 1. The highest BCUT2D eigenvalue weighted by Crippen LogP contribution is 2.59. The maximum atomic E-state index is 12.4. The second-order valence-electron chi connectivity index (χ2n) is 10.9. The number of rotatable bonds is 8. The molecule has 3 aromatic rings. The topological polar surface area (TPSA) is 91.7 Å². The first-order valence-corrected chi connectivity index (χ1v) is 13.6. The number of furan rings is 1. The zero-order chi connectivity index (χ0) is 29.3. The molecule has 1 fully saturated rings. The highest BCUT2D eigenvalue weighted by Gasteiger charge is 2.61. The van der Waals surface area contributed by atoms with Gasteiger partial charge in [0.25, 0.3) is 0 Å². The Labute approximate surface area is 242 Å². The largest absolute Gasteiger partial charge is 0.469 e. The van der Waals surface area contributed by atoms with Crippen LogP contribution in [0.15, 0.2) is 82.0 Å². The third-order valence-electron chi connectivity index (χ3n) is 6.96. The first kappa shape index (κ1) is 30.6. The molecule has 8 heteroatoms. The summed E-state index contributed by atoms with van der Waals surface area (Å²) in [7, 11) is 1.87. The summed E-state index contributed by atoms with van der Waals surface area (Å²) < 4.78 is 11.1. The summed E-state index contributed by atoms with van der Waals surface area (Å²) in [5, 5.41) is 8.87. The van der Waals surface area contributed by atoms with Gasteiger partial charge in [-0.25, -0.2) is 4.98 Å². The molecule has 2 unspecified atom stereocenters. The Morgan fingerprint density at radius 1 is 1.18 bits per heavy atom. The van der Waals surface area contributed by atoms with Crippen LogP contribution in [0.5, 0.6) is 0 Å². The SMILES string of the molecule is CC(=NC#N)N(C)Cc1ccc(Cl)nc1.CC(C)=CC1C(C(=O)OCc2coc(Cc3ccccc3)c2)C1(C)C. The van der Waals surface area contributed by atoms with Crippen LogP contribution in [0.4, 0.5) is 0 Å². The van der Waals surface area contributed by atoms with Crippen LogP contribution in [0.3, 0.4) is 0 Å². The monoisotopic (exact) mass is 560 g/mol. The van der Waals surface area contributed by atoms with Crippen LogP contribution >= 0.6 is 11.6 Å². The van der Waals surface area contributed by atoms with Crippen molar-refractivity contribution >= 4 is 23.4 Å². The molecule has 2 atom stereocenters. The second-order valence-corrected chi connectivity index (χ2v) is 11.3. The maximum absolute atomic E-state index is 12.4. The minimum Gasteiger partial charge on any atom is -0.469 e. The molecule has 1 aliphatic rings. The van der Waals surface area contributed by atoms with Gasteiger partial charge in [0.1, 0.15) is 23.4 Å². The molecule has 0 radical (unpaired) electrons. The lowest BCUT2D eigenvalue weighted by molar-refractivity contribution is -0.147. The third-order valence-corrected chi connectivity index (χ3v) is 7.18. The fourth-order valence-electron chi connectivity index (χ4n) is 4.48. The van der Waals surface area contributed by atoms with Crippen LogP contribution in [0.1, 0.15) is 57.1 Å². The summed E-state index contributed by atoms with van der Waals surface area (Å²) in [5.41, 5.74) is 4.35. The number of nitrogens with zero attached hydrogens (tertiary/aromatic N) is 4. The average Bonchev–Trinajstić information content (AvgIpc) is 3.21. The van der Waals surface area contributed by atoms with Gasteiger partial charge in [0, 0.05) is 31.8 Å². The Kier molecular flexibility index (Phi) is 10.7. The van der Waals surface area contributed by atoms with Crippen molar-refractivity contribution in [3.8, 4) is 6.19 Å². The van der Waals surface area contributed by atoms with Gasteiger partial charge in [-0.3, -0.25) is 4.79 Å². The molecule has 0 saturated heterocycles. The Bertz CT molecular complexity index is 1370. The number of hydrogen-bond donors (Lipinski definition) is 0. The van der Waals surface area contributed by atoms with Crippen molar-refractivity contribution in [2.45, 2.75) is 54.2 Å². The summed E-state index contributed by atoms with van der Waals surface area (Å²) in [6.07, 6.45) is 8.06. The summed E-state index contributed by atoms with van der Waals surface area (Å²) in [5.74, 6) is 1.68. The van der Waals surface area contributed by atoms with Crippen LogP contribution in [0.2, 0.25) is 5.15 Å². The zero-order valence-electron chi connectivity index (χ0n) is 24.0. The molecule has 40 heavy (non-hydrogen) atoms. The summed E-state index contributed by atoms with van der Waals surface area (Å²) >= 11 is 5.67. The summed E-state index contributed by atoms with van der Waals surface area (Å²) in [6, 6.07) is 15.8. The van der Waals surface area contributed by atoms with Gasteiger partial charge in [-0.15, -0.1) is 0 Å². The number of aromatic nitrogens is 1. The minimum absolute atomic E-state index is 0.0107. The molecule has 7 nitrogen and oxygen atoms in total. The molecule has 1 aromatic carbocycles. The average molecular weight is 561 g/mol.